The van der Waals surface area contributed by atoms with Crippen molar-refractivity contribution in [2.45, 2.75) is 57.7 Å². The van der Waals surface area contributed by atoms with Gasteiger partial charge in [-0.15, -0.1) is 0 Å². The van der Waals surface area contributed by atoms with E-state index in [1.165, 1.54) is 48.6 Å². The highest BCUT2D eigenvalue weighted by atomic mass is 32.2. The predicted molar refractivity (Wildman–Crippen MR) is 110 cm³/mol. The zero-order valence-electron chi connectivity index (χ0n) is 15.8. The molecule has 0 spiro atoms. The SMILES string of the molecule is Cc1c(CN2CCSCC2)cccc1NC(=O)CC1CC2CCC(C1)N2. The molecule has 1 aromatic rings. The van der Waals surface area contributed by atoms with Crippen molar-refractivity contribution < 1.29 is 4.79 Å². The lowest BCUT2D eigenvalue weighted by atomic mass is 9.89. The fourth-order valence-corrected chi connectivity index (χ4v) is 5.77. The van der Waals surface area contributed by atoms with Crippen molar-refractivity contribution >= 4 is 23.4 Å². The molecular weight excluding hydrogens is 342 g/mol. The average molecular weight is 374 g/mol. The minimum atomic E-state index is 0.186. The number of anilines is 1. The molecule has 4 nitrogen and oxygen atoms in total. The fraction of sp³-hybridized carbons (Fsp3) is 0.667. The lowest BCUT2D eigenvalue weighted by Crippen LogP contribution is -2.39. The van der Waals surface area contributed by atoms with Crippen LogP contribution in [0.3, 0.4) is 0 Å². The lowest BCUT2D eigenvalue weighted by Gasteiger charge is -2.29. The van der Waals surface area contributed by atoms with Crippen LogP contribution in [0.2, 0.25) is 0 Å². The number of rotatable bonds is 5. The molecule has 2 N–H and O–H groups in total. The first kappa shape index (κ1) is 18.3. The van der Waals surface area contributed by atoms with E-state index in [1.54, 1.807) is 0 Å². The van der Waals surface area contributed by atoms with Gasteiger partial charge in [0.1, 0.15) is 0 Å². The highest BCUT2D eigenvalue weighted by molar-refractivity contribution is 7.99. The molecule has 0 saturated carbocycles. The van der Waals surface area contributed by atoms with Crippen molar-refractivity contribution in [3.63, 3.8) is 0 Å². The van der Waals surface area contributed by atoms with Crippen LogP contribution in [0.1, 0.15) is 43.2 Å². The first-order valence-electron chi connectivity index (χ1n) is 10.1. The van der Waals surface area contributed by atoms with Gasteiger partial charge in [0.25, 0.3) is 0 Å². The summed E-state index contributed by atoms with van der Waals surface area (Å²) < 4.78 is 0. The van der Waals surface area contributed by atoms with Gasteiger partial charge in [0, 0.05) is 55.3 Å². The Kier molecular flexibility index (Phi) is 5.87. The number of thioether (sulfide) groups is 1. The molecule has 26 heavy (non-hydrogen) atoms. The summed E-state index contributed by atoms with van der Waals surface area (Å²) in [5.41, 5.74) is 3.56. The Morgan fingerprint density at radius 2 is 1.96 bits per heavy atom. The number of hydrogen-bond donors (Lipinski definition) is 2. The van der Waals surface area contributed by atoms with Gasteiger partial charge < -0.3 is 10.6 Å². The van der Waals surface area contributed by atoms with Crippen LogP contribution in [0.5, 0.6) is 0 Å². The van der Waals surface area contributed by atoms with Crippen LogP contribution >= 0.6 is 11.8 Å². The molecule has 5 heteroatoms. The first-order valence-corrected chi connectivity index (χ1v) is 11.3. The van der Waals surface area contributed by atoms with Gasteiger partial charge >= 0.3 is 0 Å². The normalized spacial score (nSPS) is 28.9. The maximum Gasteiger partial charge on any atom is 0.224 e. The number of benzene rings is 1. The van der Waals surface area contributed by atoms with Crippen LogP contribution in [0.25, 0.3) is 0 Å². The Balaban J connectivity index is 1.35. The van der Waals surface area contributed by atoms with Crippen LogP contribution in [-0.4, -0.2) is 47.5 Å². The Hall–Kier alpha value is -1.04. The number of nitrogens with zero attached hydrogens (tertiary/aromatic N) is 1. The molecule has 142 valence electrons. The Labute approximate surface area is 161 Å². The fourth-order valence-electron chi connectivity index (χ4n) is 4.80. The van der Waals surface area contributed by atoms with E-state index in [2.05, 4.69) is 40.7 Å². The second kappa shape index (κ2) is 8.32. The topological polar surface area (TPSA) is 44.4 Å². The van der Waals surface area contributed by atoms with Crippen LogP contribution in [0, 0.1) is 12.8 Å². The van der Waals surface area contributed by atoms with E-state index in [0.717, 1.165) is 25.1 Å². The Bertz CT molecular complexity index is 632. The molecule has 2 unspecified atom stereocenters. The molecule has 0 aromatic heterocycles. The van der Waals surface area contributed by atoms with Crippen molar-refractivity contribution in [1.82, 2.24) is 10.2 Å². The van der Waals surface area contributed by atoms with Gasteiger partial charge in [-0.1, -0.05) is 12.1 Å². The summed E-state index contributed by atoms with van der Waals surface area (Å²) in [5.74, 6) is 3.19. The molecule has 0 radical (unpaired) electrons. The third-order valence-corrected chi connectivity index (χ3v) is 7.20. The van der Waals surface area contributed by atoms with E-state index in [-0.39, 0.29) is 5.91 Å². The largest absolute Gasteiger partial charge is 0.326 e. The van der Waals surface area contributed by atoms with E-state index in [4.69, 9.17) is 0 Å². The number of carbonyl (C=O) groups excluding carboxylic acids is 1. The van der Waals surface area contributed by atoms with Crippen LogP contribution in [0.4, 0.5) is 5.69 Å². The summed E-state index contributed by atoms with van der Waals surface area (Å²) >= 11 is 2.04. The lowest BCUT2D eigenvalue weighted by molar-refractivity contribution is -0.117. The van der Waals surface area contributed by atoms with Crippen LogP contribution < -0.4 is 10.6 Å². The summed E-state index contributed by atoms with van der Waals surface area (Å²) in [4.78, 5) is 15.1. The highest BCUT2D eigenvalue weighted by Gasteiger charge is 2.34. The quantitative estimate of drug-likeness (QED) is 0.830. The molecule has 3 fully saturated rings. The number of fused-ring (bicyclic) bond motifs is 2. The van der Waals surface area contributed by atoms with Gasteiger partial charge in [-0.25, -0.2) is 0 Å². The van der Waals surface area contributed by atoms with Crippen LogP contribution in [0.15, 0.2) is 18.2 Å². The average Bonchev–Trinajstić information content (AvgIpc) is 2.98. The second-order valence-electron chi connectivity index (χ2n) is 8.21. The highest BCUT2D eigenvalue weighted by Crippen LogP contribution is 2.33. The molecule has 2 atom stereocenters. The molecule has 1 amide bonds. The monoisotopic (exact) mass is 373 g/mol. The second-order valence-corrected chi connectivity index (χ2v) is 9.43. The van der Waals surface area contributed by atoms with E-state index < -0.39 is 0 Å². The molecule has 3 saturated heterocycles. The van der Waals surface area contributed by atoms with Crippen molar-refractivity contribution in [3.05, 3.63) is 29.3 Å². The number of carbonyl (C=O) groups is 1. The zero-order valence-corrected chi connectivity index (χ0v) is 16.6. The van der Waals surface area contributed by atoms with Gasteiger partial charge in [-0.2, -0.15) is 11.8 Å². The van der Waals surface area contributed by atoms with Crippen molar-refractivity contribution in [2.24, 2.45) is 5.92 Å². The molecule has 1 aromatic carbocycles. The number of amides is 1. The molecule has 2 bridgehead atoms. The van der Waals surface area contributed by atoms with Gasteiger partial charge in [-0.3, -0.25) is 9.69 Å². The summed E-state index contributed by atoms with van der Waals surface area (Å²) in [7, 11) is 0. The number of hydrogen-bond acceptors (Lipinski definition) is 4. The van der Waals surface area contributed by atoms with Gasteiger partial charge in [0.15, 0.2) is 0 Å². The van der Waals surface area contributed by atoms with E-state index in [1.807, 2.05) is 11.8 Å². The summed E-state index contributed by atoms with van der Waals surface area (Å²) in [5, 5.41) is 6.86. The number of piperidine rings is 1. The van der Waals surface area contributed by atoms with Crippen molar-refractivity contribution in [2.75, 3.05) is 29.9 Å². The van der Waals surface area contributed by atoms with Gasteiger partial charge in [0.2, 0.25) is 5.91 Å². The summed E-state index contributed by atoms with van der Waals surface area (Å²) in [6.07, 6.45) is 5.57. The Morgan fingerprint density at radius 3 is 2.69 bits per heavy atom. The zero-order chi connectivity index (χ0) is 17.9. The van der Waals surface area contributed by atoms with E-state index in [0.29, 0.717) is 24.4 Å². The molecule has 3 heterocycles. The third kappa shape index (κ3) is 4.44. The van der Waals surface area contributed by atoms with E-state index >= 15 is 0 Å². The summed E-state index contributed by atoms with van der Waals surface area (Å²) in [6, 6.07) is 7.65. The maximum absolute atomic E-state index is 12.6. The first-order chi connectivity index (χ1) is 12.7. The third-order valence-electron chi connectivity index (χ3n) is 6.26. The molecule has 3 aliphatic rings. The number of nitrogens with one attached hydrogen (secondary N) is 2. The van der Waals surface area contributed by atoms with Crippen molar-refractivity contribution in [3.8, 4) is 0 Å². The molecule has 0 aliphatic carbocycles. The molecular formula is C21H31N3OS. The van der Waals surface area contributed by atoms with Gasteiger partial charge in [-0.05, 0) is 55.7 Å². The maximum atomic E-state index is 12.6. The minimum Gasteiger partial charge on any atom is -0.326 e. The minimum absolute atomic E-state index is 0.186. The molecule has 4 rings (SSSR count). The van der Waals surface area contributed by atoms with Gasteiger partial charge in [0.05, 0.1) is 0 Å². The van der Waals surface area contributed by atoms with Crippen LogP contribution in [-0.2, 0) is 11.3 Å². The smallest absolute Gasteiger partial charge is 0.224 e. The predicted octanol–water partition coefficient (Wildman–Crippen LogP) is 3.40. The Morgan fingerprint density at radius 1 is 1.23 bits per heavy atom. The summed E-state index contributed by atoms with van der Waals surface area (Å²) in [6.45, 7) is 5.47. The van der Waals surface area contributed by atoms with E-state index in [9.17, 15) is 4.79 Å². The molecule has 3 aliphatic heterocycles. The van der Waals surface area contributed by atoms with Crippen molar-refractivity contribution in [1.29, 1.82) is 0 Å². The standard InChI is InChI=1S/C21H31N3OS/c1-15-17(14-24-7-9-26-10-8-24)3-2-4-20(15)23-21(25)13-16-11-18-5-6-19(12-16)22-18/h2-4,16,18-19,22H,5-14H2,1H3,(H,23,25).